The molecule has 0 radical (unpaired) electrons. The van der Waals surface area contributed by atoms with Crippen LogP contribution in [-0.2, 0) is 17.3 Å². The molecule has 152 valence electrons. The number of ether oxygens (including phenoxy) is 1. The third-order valence-corrected chi connectivity index (χ3v) is 5.58. The van der Waals surface area contributed by atoms with Crippen LogP contribution >= 0.6 is 11.8 Å². The molecule has 0 aliphatic heterocycles. The number of benzene rings is 2. The Morgan fingerprint density at radius 3 is 2.45 bits per heavy atom. The largest absolute Gasteiger partial charge is 0.495 e. The van der Waals surface area contributed by atoms with Crippen molar-refractivity contribution in [1.29, 1.82) is 0 Å². The third-order valence-electron chi connectivity index (χ3n) is 4.56. The molecule has 1 N–H and O–H groups in total. The molecule has 3 aromatic rings. The molecule has 0 aliphatic rings. The maximum atomic E-state index is 12.3. The fourth-order valence-electron chi connectivity index (χ4n) is 2.88. The van der Waals surface area contributed by atoms with Crippen LogP contribution in [0.5, 0.6) is 5.75 Å². The number of thioether (sulfide) groups is 1. The van der Waals surface area contributed by atoms with Gasteiger partial charge in [-0.25, -0.2) is 0 Å². The monoisotopic (exact) mass is 410 g/mol. The van der Waals surface area contributed by atoms with Gasteiger partial charge in [0.1, 0.15) is 5.75 Å². The molecule has 0 bridgehead atoms. The van der Waals surface area contributed by atoms with Crippen LogP contribution in [0.3, 0.4) is 0 Å². The van der Waals surface area contributed by atoms with E-state index in [1.54, 1.807) is 7.11 Å². The SMILES string of the molecule is COc1ccccc1NC(=O)CSc1nnc(-c2ccc(C(C)(C)C)cc2)n1C. The highest BCUT2D eigenvalue weighted by Gasteiger charge is 2.16. The molecule has 0 fully saturated rings. The minimum Gasteiger partial charge on any atom is -0.495 e. The van der Waals surface area contributed by atoms with Crippen LogP contribution in [0, 0.1) is 0 Å². The molecule has 0 unspecified atom stereocenters. The van der Waals surface area contributed by atoms with E-state index in [-0.39, 0.29) is 17.1 Å². The number of para-hydroxylation sites is 2. The average molecular weight is 411 g/mol. The van der Waals surface area contributed by atoms with Crippen LogP contribution in [0.4, 0.5) is 5.69 Å². The number of aromatic nitrogens is 3. The lowest BCUT2D eigenvalue weighted by Crippen LogP contribution is -2.15. The van der Waals surface area contributed by atoms with E-state index in [1.807, 2.05) is 35.9 Å². The van der Waals surface area contributed by atoms with Crippen molar-refractivity contribution in [3.05, 3.63) is 54.1 Å². The van der Waals surface area contributed by atoms with E-state index in [4.69, 9.17) is 4.74 Å². The average Bonchev–Trinajstić information content (AvgIpc) is 3.06. The maximum absolute atomic E-state index is 12.3. The molecule has 3 rings (SSSR count). The molecule has 1 amide bonds. The van der Waals surface area contributed by atoms with E-state index in [2.05, 4.69) is 60.6 Å². The zero-order valence-electron chi connectivity index (χ0n) is 17.4. The van der Waals surface area contributed by atoms with Gasteiger partial charge in [-0.3, -0.25) is 4.79 Å². The fraction of sp³-hybridized carbons (Fsp3) is 0.318. The first-order valence-corrected chi connectivity index (χ1v) is 10.3. The number of nitrogens with one attached hydrogen (secondary N) is 1. The summed E-state index contributed by atoms with van der Waals surface area (Å²) in [5.41, 5.74) is 3.02. The molecular formula is C22H26N4O2S. The van der Waals surface area contributed by atoms with Crippen LogP contribution in [0.2, 0.25) is 0 Å². The summed E-state index contributed by atoms with van der Waals surface area (Å²) in [6.45, 7) is 6.57. The normalized spacial score (nSPS) is 11.3. The van der Waals surface area contributed by atoms with Crippen molar-refractivity contribution < 1.29 is 9.53 Å². The summed E-state index contributed by atoms with van der Waals surface area (Å²) in [5, 5.41) is 12.1. The van der Waals surface area contributed by atoms with E-state index in [0.717, 1.165) is 11.4 Å². The van der Waals surface area contributed by atoms with Gasteiger partial charge in [0.05, 0.1) is 18.6 Å². The summed E-state index contributed by atoms with van der Waals surface area (Å²) < 4.78 is 7.17. The minimum atomic E-state index is -0.126. The van der Waals surface area contributed by atoms with E-state index in [9.17, 15) is 4.79 Å². The second-order valence-corrected chi connectivity index (χ2v) is 8.67. The minimum absolute atomic E-state index is 0.105. The third kappa shape index (κ3) is 4.98. The summed E-state index contributed by atoms with van der Waals surface area (Å²) in [7, 11) is 3.49. The fourth-order valence-corrected chi connectivity index (χ4v) is 3.59. The Balaban J connectivity index is 1.66. The van der Waals surface area contributed by atoms with E-state index in [1.165, 1.54) is 17.3 Å². The summed E-state index contributed by atoms with van der Waals surface area (Å²) in [6.07, 6.45) is 0. The van der Waals surface area contributed by atoms with E-state index in [0.29, 0.717) is 16.6 Å². The smallest absolute Gasteiger partial charge is 0.234 e. The van der Waals surface area contributed by atoms with Crippen LogP contribution in [0.25, 0.3) is 11.4 Å². The van der Waals surface area contributed by atoms with Crippen molar-refractivity contribution in [1.82, 2.24) is 14.8 Å². The second-order valence-electron chi connectivity index (χ2n) is 7.73. The first-order chi connectivity index (χ1) is 13.8. The van der Waals surface area contributed by atoms with E-state index >= 15 is 0 Å². The Kier molecular flexibility index (Phi) is 6.27. The number of nitrogens with zero attached hydrogens (tertiary/aromatic N) is 3. The Hall–Kier alpha value is -2.80. The standard InChI is InChI=1S/C22H26N4O2S/c1-22(2,3)16-12-10-15(11-13-16)20-24-25-21(26(20)4)29-14-19(27)23-17-8-6-7-9-18(17)28-5/h6-13H,14H2,1-5H3,(H,23,27). The van der Waals surface area contributed by atoms with Gasteiger partial charge in [0.15, 0.2) is 11.0 Å². The molecule has 0 spiro atoms. The predicted octanol–water partition coefficient (Wildman–Crippen LogP) is 4.52. The summed E-state index contributed by atoms with van der Waals surface area (Å²) in [5.74, 6) is 1.51. The second kappa shape index (κ2) is 8.69. The van der Waals surface area contributed by atoms with Crippen molar-refractivity contribution in [3.8, 4) is 17.1 Å². The zero-order chi connectivity index (χ0) is 21.0. The molecule has 0 saturated carbocycles. The van der Waals surface area contributed by atoms with Gasteiger partial charge >= 0.3 is 0 Å². The Morgan fingerprint density at radius 1 is 1.10 bits per heavy atom. The van der Waals surface area contributed by atoms with Crippen LogP contribution in [-0.4, -0.2) is 33.5 Å². The molecule has 6 nitrogen and oxygen atoms in total. The molecule has 0 saturated heterocycles. The summed E-state index contributed by atoms with van der Waals surface area (Å²) >= 11 is 1.35. The summed E-state index contributed by atoms with van der Waals surface area (Å²) in [4.78, 5) is 12.3. The van der Waals surface area contributed by atoms with Crippen molar-refractivity contribution in [2.75, 3.05) is 18.2 Å². The molecule has 1 heterocycles. The van der Waals surface area contributed by atoms with Gasteiger partial charge in [-0.2, -0.15) is 0 Å². The number of amides is 1. The van der Waals surface area contributed by atoms with Gasteiger partial charge in [0.25, 0.3) is 0 Å². The molecule has 29 heavy (non-hydrogen) atoms. The quantitative estimate of drug-likeness (QED) is 0.605. The van der Waals surface area contributed by atoms with Gasteiger partial charge in [0, 0.05) is 12.6 Å². The van der Waals surface area contributed by atoms with Gasteiger partial charge in [-0.1, -0.05) is 68.9 Å². The van der Waals surface area contributed by atoms with Crippen LogP contribution < -0.4 is 10.1 Å². The van der Waals surface area contributed by atoms with Gasteiger partial charge in [0.2, 0.25) is 5.91 Å². The lowest BCUT2D eigenvalue weighted by Gasteiger charge is -2.19. The number of carbonyl (C=O) groups excluding carboxylic acids is 1. The molecule has 1 aromatic heterocycles. The number of methoxy groups -OCH3 is 1. The number of carbonyl (C=O) groups is 1. The van der Waals surface area contributed by atoms with Crippen molar-refractivity contribution in [2.45, 2.75) is 31.3 Å². The first-order valence-electron chi connectivity index (χ1n) is 9.35. The maximum Gasteiger partial charge on any atom is 0.234 e. The van der Waals surface area contributed by atoms with Crippen molar-refractivity contribution >= 4 is 23.4 Å². The van der Waals surface area contributed by atoms with Gasteiger partial charge < -0.3 is 14.6 Å². The highest BCUT2D eigenvalue weighted by molar-refractivity contribution is 7.99. The molecular weight excluding hydrogens is 384 g/mol. The van der Waals surface area contributed by atoms with Gasteiger partial charge in [-0.15, -0.1) is 10.2 Å². The number of rotatable bonds is 6. The predicted molar refractivity (Wildman–Crippen MR) is 117 cm³/mol. The van der Waals surface area contributed by atoms with Crippen LogP contribution in [0.15, 0.2) is 53.7 Å². The molecule has 0 atom stereocenters. The number of anilines is 1. The van der Waals surface area contributed by atoms with Gasteiger partial charge in [-0.05, 0) is 23.1 Å². The lowest BCUT2D eigenvalue weighted by atomic mass is 9.87. The number of hydrogen-bond donors (Lipinski definition) is 1. The molecule has 2 aromatic carbocycles. The number of hydrogen-bond acceptors (Lipinski definition) is 5. The first kappa shape index (κ1) is 20.9. The van der Waals surface area contributed by atoms with Crippen molar-refractivity contribution in [3.63, 3.8) is 0 Å². The molecule has 0 aliphatic carbocycles. The Bertz CT molecular complexity index is 991. The van der Waals surface area contributed by atoms with E-state index < -0.39 is 0 Å². The van der Waals surface area contributed by atoms with Crippen LogP contribution in [0.1, 0.15) is 26.3 Å². The highest BCUT2D eigenvalue weighted by Crippen LogP contribution is 2.27. The lowest BCUT2D eigenvalue weighted by molar-refractivity contribution is -0.113. The zero-order valence-corrected chi connectivity index (χ0v) is 18.2. The van der Waals surface area contributed by atoms with Crippen molar-refractivity contribution in [2.24, 2.45) is 7.05 Å². The molecule has 7 heteroatoms. The highest BCUT2D eigenvalue weighted by atomic mass is 32.2. The topological polar surface area (TPSA) is 69.0 Å². The summed E-state index contributed by atoms with van der Waals surface area (Å²) in [6, 6.07) is 15.7. The Labute approximate surface area is 175 Å². The Morgan fingerprint density at radius 2 is 1.79 bits per heavy atom.